The second kappa shape index (κ2) is 4.52. The number of carboxylic acids is 1. The van der Waals surface area contributed by atoms with Crippen LogP contribution < -0.4 is 0 Å². The number of hydrogen-bond acceptors (Lipinski definition) is 3. The largest absolute Gasteiger partial charge is 0.478 e. The van der Waals surface area contributed by atoms with E-state index in [0.29, 0.717) is 23.0 Å². The van der Waals surface area contributed by atoms with Gasteiger partial charge in [-0.3, -0.25) is 0 Å². The third-order valence-electron chi connectivity index (χ3n) is 4.19. The molecule has 4 rings (SSSR count). The molecule has 1 aromatic heterocycles. The van der Waals surface area contributed by atoms with Crippen LogP contribution >= 0.6 is 11.8 Å². The quantitative estimate of drug-likeness (QED) is 0.941. The number of thioether (sulfide) groups is 1. The van der Waals surface area contributed by atoms with Gasteiger partial charge in [0.15, 0.2) is 0 Å². The van der Waals surface area contributed by atoms with E-state index in [1.54, 1.807) is 6.07 Å². The number of carbonyl (C=O) groups is 1. The van der Waals surface area contributed by atoms with Crippen LogP contribution in [-0.4, -0.2) is 32.1 Å². The molecule has 1 aliphatic heterocycles. The summed E-state index contributed by atoms with van der Waals surface area (Å²) in [6.07, 6.45) is 3.53. The maximum atomic E-state index is 11.4. The zero-order valence-electron chi connectivity index (χ0n) is 11.1. The normalized spacial score (nSPS) is 22.5. The number of imidazole rings is 1. The molecule has 0 bridgehead atoms. The van der Waals surface area contributed by atoms with Gasteiger partial charge < -0.3 is 9.67 Å². The first-order valence-electron chi connectivity index (χ1n) is 7.07. The summed E-state index contributed by atoms with van der Waals surface area (Å²) < 4.78 is 2.33. The van der Waals surface area contributed by atoms with Gasteiger partial charge in [-0.05, 0) is 37.1 Å². The molecule has 1 saturated heterocycles. The molecule has 1 aliphatic carbocycles. The Hall–Kier alpha value is -1.49. The number of carboxylic acid groups (broad SMARTS) is 1. The number of fused-ring (bicyclic) bond motifs is 1. The third-order valence-corrected chi connectivity index (χ3v) is 5.34. The van der Waals surface area contributed by atoms with Crippen LogP contribution in [0.4, 0.5) is 0 Å². The highest BCUT2D eigenvalue weighted by Crippen LogP contribution is 2.44. The number of aromatic carboxylic acids is 1. The Kier molecular flexibility index (Phi) is 2.77. The fourth-order valence-electron chi connectivity index (χ4n) is 3.05. The molecule has 104 valence electrons. The van der Waals surface area contributed by atoms with Crippen molar-refractivity contribution in [1.82, 2.24) is 9.55 Å². The van der Waals surface area contributed by atoms with E-state index >= 15 is 0 Å². The lowest BCUT2D eigenvalue weighted by atomic mass is 10.1. The van der Waals surface area contributed by atoms with Gasteiger partial charge in [0.1, 0.15) is 11.3 Å². The molecule has 0 spiro atoms. The van der Waals surface area contributed by atoms with E-state index in [1.807, 2.05) is 23.9 Å². The van der Waals surface area contributed by atoms with E-state index < -0.39 is 5.97 Å². The molecule has 5 heteroatoms. The van der Waals surface area contributed by atoms with Crippen LogP contribution in [0.25, 0.3) is 11.0 Å². The summed E-state index contributed by atoms with van der Waals surface area (Å²) in [7, 11) is 0. The van der Waals surface area contributed by atoms with Crippen molar-refractivity contribution in [2.24, 2.45) is 0 Å². The minimum atomic E-state index is -0.886. The van der Waals surface area contributed by atoms with Crippen LogP contribution in [0.2, 0.25) is 0 Å². The Morgan fingerprint density at radius 1 is 1.35 bits per heavy atom. The fourth-order valence-corrected chi connectivity index (χ4v) is 4.24. The molecule has 1 saturated carbocycles. The molecule has 1 atom stereocenters. The average molecular weight is 288 g/mol. The summed E-state index contributed by atoms with van der Waals surface area (Å²) in [5.74, 6) is 3.06. The van der Waals surface area contributed by atoms with Crippen LogP contribution in [-0.2, 0) is 0 Å². The molecule has 1 unspecified atom stereocenters. The standard InChI is InChI=1S/C15H16N2O2S/c18-15(19)11-2-1-3-12-13(11)16-14(9-4-5-9)17(12)10-6-7-20-8-10/h1-3,9-10H,4-8H2,(H,18,19). The Morgan fingerprint density at radius 3 is 2.85 bits per heavy atom. The van der Waals surface area contributed by atoms with Gasteiger partial charge in [0.05, 0.1) is 11.1 Å². The van der Waals surface area contributed by atoms with Crippen molar-refractivity contribution in [3.8, 4) is 0 Å². The van der Waals surface area contributed by atoms with Crippen molar-refractivity contribution in [3.05, 3.63) is 29.6 Å². The second-order valence-corrected chi connectivity index (χ2v) is 6.76. The van der Waals surface area contributed by atoms with Gasteiger partial charge in [-0.2, -0.15) is 11.8 Å². The van der Waals surface area contributed by atoms with Gasteiger partial charge >= 0.3 is 5.97 Å². The van der Waals surface area contributed by atoms with Crippen LogP contribution in [0.1, 0.15) is 47.4 Å². The zero-order valence-corrected chi connectivity index (χ0v) is 11.9. The fraction of sp³-hybridized carbons (Fsp3) is 0.467. The number of nitrogens with zero attached hydrogens (tertiary/aromatic N) is 2. The lowest BCUT2D eigenvalue weighted by Crippen LogP contribution is -2.11. The maximum absolute atomic E-state index is 11.4. The average Bonchev–Trinajstić information content (AvgIpc) is 3.00. The number of aromatic nitrogens is 2. The first kappa shape index (κ1) is 12.3. The van der Waals surface area contributed by atoms with Crippen molar-refractivity contribution in [3.63, 3.8) is 0 Å². The summed E-state index contributed by atoms with van der Waals surface area (Å²) >= 11 is 1.98. The van der Waals surface area contributed by atoms with Crippen LogP contribution in [0.3, 0.4) is 0 Å². The molecule has 2 fully saturated rings. The van der Waals surface area contributed by atoms with Gasteiger partial charge in [0.25, 0.3) is 0 Å². The predicted molar refractivity (Wildman–Crippen MR) is 79.6 cm³/mol. The van der Waals surface area contributed by atoms with Crippen molar-refractivity contribution >= 4 is 28.8 Å². The molecule has 2 aliphatic rings. The van der Waals surface area contributed by atoms with E-state index in [0.717, 1.165) is 23.5 Å². The topological polar surface area (TPSA) is 55.1 Å². The van der Waals surface area contributed by atoms with Crippen molar-refractivity contribution in [1.29, 1.82) is 0 Å². The van der Waals surface area contributed by atoms with Gasteiger partial charge in [-0.1, -0.05) is 6.07 Å². The molecule has 0 radical (unpaired) electrons. The molecule has 2 heterocycles. The lowest BCUT2D eigenvalue weighted by molar-refractivity contribution is 0.0699. The SMILES string of the molecule is O=C(O)c1cccc2c1nc(C1CC1)n2C1CCSC1. The van der Waals surface area contributed by atoms with Crippen molar-refractivity contribution in [2.45, 2.75) is 31.2 Å². The predicted octanol–water partition coefficient (Wildman–Crippen LogP) is 3.29. The smallest absolute Gasteiger partial charge is 0.337 e. The Labute approximate surface area is 121 Å². The molecule has 20 heavy (non-hydrogen) atoms. The molecular weight excluding hydrogens is 272 g/mol. The highest BCUT2D eigenvalue weighted by molar-refractivity contribution is 7.99. The summed E-state index contributed by atoms with van der Waals surface area (Å²) in [6, 6.07) is 5.98. The Morgan fingerprint density at radius 2 is 2.20 bits per heavy atom. The number of hydrogen-bond donors (Lipinski definition) is 1. The van der Waals surface area contributed by atoms with Crippen LogP contribution in [0.15, 0.2) is 18.2 Å². The second-order valence-electron chi connectivity index (χ2n) is 5.61. The highest BCUT2D eigenvalue weighted by Gasteiger charge is 2.33. The monoisotopic (exact) mass is 288 g/mol. The first-order chi connectivity index (χ1) is 9.75. The molecule has 0 amide bonds. The molecular formula is C15H16N2O2S. The molecule has 2 aromatic rings. The number of para-hydroxylation sites is 1. The van der Waals surface area contributed by atoms with Gasteiger partial charge in [-0.15, -0.1) is 0 Å². The molecule has 1 N–H and O–H groups in total. The van der Waals surface area contributed by atoms with E-state index in [2.05, 4.69) is 4.57 Å². The Bertz CT molecular complexity index is 684. The van der Waals surface area contributed by atoms with Gasteiger partial charge in [0, 0.05) is 17.7 Å². The Balaban J connectivity index is 1.96. The van der Waals surface area contributed by atoms with Crippen molar-refractivity contribution < 1.29 is 9.90 Å². The molecule has 1 aromatic carbocycles. The molecule has 4 nitrogen and oxygen atoms in total. The number of benzene rings is 1. The van der Waals surface area contributed by atoms with Gasteiger partial charge in [0.2, 0.25) is 0 Å². The summed E-state index contributed by atoms with van der Waals surface area (Å²) in [5, 5.41) is 9.35. The van der Waals surface area contributed by atoms with Gasteiger partial charge in [-0.25, -0.2) is 9.78 Å². The summed E-state index contributed by atoms with van der Waals surface area (Å²) in [6.45, 7) is 0. The van der Waals surface area contributed by atoms with Crippen LogP contribution in [0.5, 0.6) is 0 Å². The lowest BCUT2D eigenvalue weighted by Gasteiger charge is -2.15. The van der Waals surface area contributed by atoms with Crippen LogP contribution in [0, 0.1) is 0 Å². The van der Waals surface area contributed by atoms with E-state index in [9.17, 15) is 9.90 Å². The zero-order chi connectivity index (χ0) is 13.7. The van der Waals surface area contributed by atoms with E-state index in [4.69, 9.17) is 4.98 Å². The minimum Gasteiger partial charge on any atom is -0.478 e. The third kappa shape index (κ3) is 1.84. The van der Waals surface area contributed by atoms with Crippen molar-refractivity contribution in [2.75, 3.05) is 11.5 Å². The summed E-state index contributed by atoms with van der Waals surface area (Å²) in [5.41, 5.74) is 1.99. The first-order valence-corrected chi connectivity index (χ1v) is 8.23. The van der Waals surface area contributed by atoms with E-state index in [-0.39, 0.29) is 0 Å². The highest BCUT2D eigenvalue weighted by atomic mass is 32.2. The summed E-state index contributed by atoms with van der Waals surface area (Å²) in [4.78, 5) is 16.1. The number of rotatable bonds is 3. The minimum absolute atomic E-state index is 0.328. The maximum Gasteiger partial charge on any atom is 0.337 e. The van der Waals surface area contributed by atoms with E-state index in [1.165, 1.54) is 18.6 Å².